The van der Waals surface area contributed by atoms with Gasteiger partial charge in [-0.3, -0.25) is 4.79 Å². The number of benzene rings is 2. The highest BCUT2D eigenvalue weighted by Gasteiger charge is 2.09. The molecule has 0 atom stereocenters. The fourth-order valence-corrected chi connectivity index (χ4v) is 2.55. The summed E-state index contributed by atoms with van der Waals surface area (Å²) in [6.07, 6.45) is 0. The van der Waals surface area contributed by atoms with Gasteiger partial charge >= 0.3 is 0 Å². The lowest BCUT2D eigenvalue weighted by Gasteiger charge is -2.07. The maximum atomic E-state index is 12.1. The minimum Gasteiger partial charge on any atom is -0.398 e. The molecule has 2 aromatic carbocycles. The molecule has 0 bridgehead atoms. The molecule has 0 saturated heterocycles. The van der Waals surface area contributed by atoms with E-state index in [-0.39, 0.29) is 5.91 Å². The van der Waals surface area contributed by atoms with Crippen molar-refractivity contribution >= 4 is 38.8 Å². The summed E-state index contributed by atoms with van der Waals surface area (Å²) in [5.74, 6) is -0.207. The Labute approximate surface area is 113 Å². The van der Waals surface area contributed by atoms with Gasteiger partial charge in [0, 0.05) is 11.4 Å². The Bertz CT molecular complexity index is 751. The second kappa shape index (κ2) is 4.70. The second-order valence-electron chi connectivity index (χ2n) is 4.08. The highest BCUT2D eigenvalue weighted by molar-refractivity contribution is 7.16. The minimum absolute atomic E-state index is 0.207. The summed E-state index contributed by atoms with van der Waals surface area (Å²) in [6.45, 7) is 0. The third kappa shape index (κ3) is 2.28. The predicted octanol–water partition coefficient (Wildman–Crippen LogP) is 3.13. The van der Waals surface area contributed by atoms with Gasteiger partial charge in [0.2, 0.25) is 0 Å². The van der Waals surface area contributed by atoms with Gasteiger partial charge in [-0.25, -0.2) is 4.98 Å². The third-order valence-corrected chi connectivity index (χ3v) is 3.59. The summed E-state index contributed by atoms with van der Waals surface area (Å²) in [5.41, 5.74) is 10.2. The van der Waals surface area contributed by atoms with Crippen molar-refractivity contribution in [1.29, 1.82) is 0 Å². The van der Waals surface area contributed by atoms with Crippen LogP contribution in [0.25, 0.3) is 10.2 Å². The van der Waals surface area contributed by atoms with Crippen LogP contribution >= 0.6 is 11.3 Å². The fraction of sp³-hybridized carbons (Fsp3) is 0. The molecule has 0 spiro atoms. The number of aromatic nitrogens is 1. The third-order valence-electron chi connectivity index (χ3n) is 2.79. The SMILES string of the molecule is Nc1ccccc1C(=O)Nc1ccc2ncsc2c1. The zero-order valence-electron chi connectivity index (χ0n) is 9.96. The quantitative estimate of drug-likeness (QED) is 0.702. The summed E-state index contributed by atoms with van der Waals surface area (Å²) >= 11 is 1.54. The van der Waals surface area contributed by atoms with E-state index < -0.39 is 0 Å². The maximum absolute atomic E-state index is 12.1. The van der Waals surface area contributed by atoms with E-state index in [4.69, 9.17) is 5.73 Å². The van der Waals surface area contributed by atoms with Crippen LogP contribution in [0.3, 0.4) is 0 Å². The van der Waals surface area contributed by atoms with Crippen molar-refractivity contribution in [2.24, 2.45) is 0 Å². The van der Waals surface area contributed by atoms with Gasteiger partial charge in [0.15, 0.2) is 0 Å². The molecule has 0 aliphatic heterocycles. The topological polar surface area (TPSA) is 68.0 Å². The van der Waals surface area contributed by atoms with Gasteiger partial charge < -0.3 is 11.1 Å². The molecule has 4 nitrogen and oxygen atoms in total. The summed E-state index contributed by atoms with van der Waals surface area (Å²) in [4.78, 5) is 16.3. The van der Waals surface area contributed by atoms with E-state index in [1.807, 2.05) is 18.2 Å². The molecule has 3 aromatic rings. The number of carbonyl (C=O) groups is 1. The zero-order chi connectivity index (χ0) is 13.2. The standard InChI is InChI=1S/C14H11N3OS/c15-11-4-2-1-3-10(11)14(18)17-9-5-6-12-13(7-9)19-8-16-12/h1-8H,15H2,(H,17,18). The van der Waals surface area contributed by atoms with E-state index in [2.05, 4.69) is 10.3 Å². The molecule has 3 N–H and O–H groups in total. The average molecular weight is 269 g/mol. The molecule has 0 fully saturated rings. The monoisotopic (exact) mass is 269 g/mol. The van der Waals surface area contributed by atoms with E-state index in [0.717, 1.165) is 15.9 Å². The van der Waals surface area contributed by atoms with Gasteiger partial charge in [-0.2, -0.15) is 0 Å². The number of nitrogen functional groups attached to an aromatic ring is 1. The van der Waals surface area contributed by atoms with Crippen LogP contribution in [0.5, 0.6) is 0 Å². The number of para-hydroxylation sites is 1. The normalized spacial score (nSPS) is 10.5. The predicted molar refractivity (Wildman–Crippen MR) is 78.4 cm³/mol. The maximum Gasteiger partial charge on any atom is 0.257 e. The Balaban J connectivity index is 1.88. The number of anilines is 2. The van der Waals surface area contributed by atoms with Gasteiger partial charge in [-0.1, -0.05) is 12.1 Å². The number of carbonyl (C=O) groups excluding carboxylic acids is 1. The van der Waals surface area contributed by atoms with Crippen molar-refractivity contribution in [3.63, 3.8) is 0 Å². The van der Waals surface area contributed by atoms with Crippen LogP contribution in [0, 0.1) is 0 Å². The lowest BCUT2D eigenvalue weighted by molar-refractivity contribution is 0.102. The minimum atomic E-state index is -0.207. The van der Waals surface area contributed by atoms with Crippen LogP contribution in [0.1, 0.15) is 10.4 Å². The Morgan fingerprint density at radius 1 is 1.21 bits per heavy atom. The van der Waals surface area contributed by atoms with Crippen molar-refractivity contribution in [2.45, 2.75) is 0 Å². The van der Waals surface area contributed by atoms with Crippen LogP contribution in [-0.4, -0.2) is 10.9 Å². The first-order valence-electron chi connectivity index (χ1n) is 5.73. The molecule has 1 heterocycles. The van der Waals surface area contributed by atoms with Crippen LogP contribution < -0.4 is 11.1 Å². The van der Waals surface area contributed by atoms with Crippen LogP contribution in [0.2, 0.25) is 0 Å². The number of hydrogen-bond acceptors (Lipinski definition) is 4. The number of rotatable bonds is 2. The average Bonchev–Trinajstić information content (AvgIpc) is 2.86. The molecule has 1 amide bonds. The Kier molecular flexibility index (Phi) is 2.89. The highest BCUT2D eigenvalue weighted by Crippen LogP contribution is 2.22. The van der Waals surface area contributed by atoms with Gasteiger partial charge in [0.25, 0.3) is 5.91 Å². The van der Waals surface area contributed by atoms with Gasteiger partial charge in [-0.15, -0.1) is 11.3 Å². The molecule has 0 aliphatic rings. The summed E-state index contributed by atoms with van der Waals surface area (Å²) in [5, 5.41) is 2.84. The number of thiazole rings is 1. The molecule has 1 aromatic heterocycles. The Hall–Kier alpha value is -2.40. The lowest BCUT2D eigenvalue weighted by atomic mass is 10.1. The lowest BCUT2D eigenvalue weighted by Crippen LogP contribution is -2.13. The fourth-order valence-electron chi connectivity index (χ4n) is 1.84. The molecule has 19 heavy (non-hydrogen) atoms. The molecule has 0 saturated carbocycles. The number of nitrogens with two attached hydrogens (primary N) is 1. The molecular formula is C14H11N3OS. The first-order chi connectivity index (χ1) is 9.24. The summed E-state index contributed by atoms with van der Waals surface area (Å²) in [6, 6.07) is 12.6. The number of fused-ring (bicyclic) bond motifs is 1. The number of hydrogen-bond donors (Lipinski definition) is 2. The number of nitrogens with one attached hydrogen (secondary N) is 1. The van der Waals surface area contributed by atoms with Crippen LogP contribution in [0.15, 0.2) is 48.0 Å². The smallest absolute Gasteiger partial charge is 0.257 e. The van der Waals surface area contributed by atoms with E-state index in [9.17, 15) is 4.79 Å². The molecule has 3 rings (SSSR count). The molecule has 0 aliphatic carbocycles. The van der Waals surface area contributed by atoms with E-state index in [1.165, 1.54) is 0 Å². The van der Waals surface area contributed by atoms with Crippen molar-refractivity contribution < 1.29 is 4.79 Å². The largest absolute Gasteiger partial charge is 0.398 e. The van der Waals surface area contributed by atoms with Crippen molar-refractivity contribution in [2.75, 3.05) is 11.1 Å². The molecule has 5 heteroatoms. The summed E-state index contributed by atoms with van der Waals surface area (Å²) < 4.78 is 1.04. The van der Waals surface area contributed by atoms with E-state index in [0.29, 0.717) is 11.3 Å². The molecule has 94 valence electrons. The van der Waals surface area contributed by atoms with Crippen LogP contribution in [-0.2, 0) is 0 Å². The van der Waals surface area contributed by atoms with Gasteiger partial charge in [0.05, 0.1) is 21.3 Å². The first kappa shape index (κ1) is 11.7. The van der Waals surface area contributed by atoms with Crippen molar-refractivity contribution in [3.8, 4) is 0 Å². The number of nitrogens with zero attached hydrogens (tertiary/aromatic N) is 1. The number of amides is 1. The first-order valence-corrected chi connectivity index (χ1v) is 6.61. The van der Waals surface area contributed by atoms with Crippen LogP contribution in [0.4, 0.5) is 11.4 Å². The van der Waals surface area contributed by atoms with Gasteiger partial charge in [-0.05, 0) is 30.3 Å². The zero-order valence-corrected chi connectivity index (χ0v) is 10.8. The highest BCUT2D eigenvalue weighted by atomic mass is 32.1. The van der Waals surface area contributed by atoms with Crippen molar-refractivity contribution in [3.05, 3.63) is 53.5 Å². The summed E-state index contributed by atoms with van der Waals surface area (Å²) in [7, 11) is 0. The van der Waals surface area contributed by atoms with Crippen molar-refractivity contribution in [1.82, 2.24) is 4.98 Å². The second-order valence-corrected chi connectivity index (χ2v) is 4.96. The Morgan fingerprint density at radius 2 is 2.05 bits per heavy atom. The molecular weight excluding hydrogens is 258 g/mol. The molecule has 0 unspecified atom stereocenters. The Morgan fingerprint density at radius 3 is 2.89 bits per heavy atom. The van der Waals surface area contributed by atoms with Gasteiger partial charge in [0.1, 0.15) is 0 Å². The van der Waals surface area contributed by atoms with E-state index >= 15 is 0 Å². The van der Waals surface area contributed by atoms with E-state index in [1.54, 1.807) is 41.1 Å². The molecule has 0 radical (unpaired) electrons.